The molecular weight excluding hydrogens is 270 g/mol. The first-order valence-electron chi connectivity index (χ1n) is 7.02. The quantitative estimate of drug-likeness (QED) is 0.753. The van der Waals surface area contributed by atoms with E-state index in [-0.39, 0.29) is 24.9 Å². The Morgan fingerprint density at radius 2 is 1.90 bits per heavy atom. The Bertz CT molecular complexity index is 477. The van der Waals surface area contributed by atoms with Crippen LogP contribution in [0.5, 0.6) is 5.75 Å². The van der Waals surface area contributed by atoms with Gasteiger partial charge in [0.05, 0.1) is 20.2 Å². The van der Waals surface area contributed by atoms with Crippen LogP contribution in [0.3, 0.4) is 0 Å². The lowest BCUT2D eigenvalue weighted by atomic mass is 10.3. The zero-order valence-electron chi connectivity index (χ0n) is 12.8. The number of methoxy groups -OCH3 is 1. The molecule has 0 spiro atoms. The molecule has 0 atom stereocenters. The van der Waals surface area contributed by atoms with Crippen LogP contribution in [0.4, 0.5) is 5.69 Å². The van der Waals surface area contributed by atoms with Crippen LogP contribution in [0, 0.1) is 0 Å². The molecular formula is C15H23N3O3. The van der Waals surface area contributed by atoms with Gasteiger partial charge in [-0.1, -0.05) is 13.0 Å². The van der Waals surface area contributed by atoms with E-state index in [4.69, 9.17) is 4.74 Å². The van der Waals surface area contributed by atoms with E-state index in [0.29, 0.717) is 24.5 Å². The molecule has 6 heteroatoms. The molecule has 116 valence electrons. The Kier molecular flexibility index (Phi) is 7.25. The van der Waals surface area contributed by atoms with Crippen LogP contribution < -0.4 is 15.4 Å². The average Bonchev–Trinajstić information content (AvgIpc) is 2.46. The molecule has 0 aliphatic rings. The van der Waals surface area contributed by atoms with Crippen molar-refractivity contribution in [1.29, 1.82) is 0 Å². The van der Waals surface area contributed by atoms with E-state index in [2.05, 4.69) is 10.6 Å². The molecule has 6 nitrogen and oxygen atoms in total. The van der Waals surface area contributed by atoms with Gasteiger partial charge in [-0.25, -0.2) is 0 Å². The van der Waals surface area contributed by atoms with Gasteiger partial charge in [-0.05, 0) is 25.6 Å². The zero-order valence-corrected chi connectivity index (χ0v) is 12.8. The van der Waals surface area contributed by atoms with E-state index in [0.717, 1.165) is 0 Å². The molecule has 0 bridgehead atoms. The van der Waals surface area contributed by atoms with Gasteiger partial charge in [0, 0.05) is 18.3 Å². The fourth-order valence-corrected chi connectivity index (χ4v) is 1.84. The third-order valence-electron chi connectivity index (χ3n) is 2.91. The van der Waals surface area contributed by atoms with Crippen LogP contribution in [0.1, 0.15) is 13.8 Å². The topological polar surface area (TPSA) is 70.7 Å². The molecule has 0 aliphatic carbocycles. The van der Waals surface area contributed by atoms with Gasteiger partial charge in [0.25, 0.3) is 0 Å². The second-order valence-corrected chi connectivity index (χ2v) is 4.54. The number of nitrogens with zero attached hydrogens (tertiary/aromatic N) is 1. The summed E-state index contributed by atoms with van der Waals surface area (Å²) in [6.07, 6.45) is 0. The Morgan fingerprint density at radius 1 is 1.19 bits per heavy atom. The molecule has 0 unspecified atom stereocenters. The predicted octanol–water partition coefficient (Wildman–Crippen LogP) is 1.09. The van der Waals surface area contributed by atoms with E-state index < -0.39 is 0 Å². The van der Waals surface area contributed by atoms with E-state index >= 15 is 0 Å². The molecule has 0 radical (unpaired) electrons. The Balaban J connectivity index is 2.52. The van der Waals surface area contributed by atoms with Crippen LogP contribution in [0.15, 0.2) is 24.3 Å². The summed E-state index contributed by atoms with van der Waals surface area (Å²) in [4.78, 5) is 25.3. The van der Waals surface area contributed by atoms with E-state index in [1.54, 1.807) is 30.2 Å². The monoisotopic (exact) mass is 293 g/mol. The average molecular weight is 293 g/mol. The molecule has 0 aromatic heterocycles. The van der Waals surface area contributed by atoms with Gasteiger partial charge in [0.2, 0.25) is 11.8 Å². The fraction of sp³-hybridized carbons (Fsp3) is 0.467. The number of hydrogen-bond acceptors (Lipinski definition) is 4. The summed E-state index contributed by atoms with van der Waals surface area (Å²) in [5.41, 5.74) is 0.674. The van der Waals surface area contributed by atoms with Gasteiger partial charge < -0.3 is 15.4 Å². The van der Waals surface area contributed by atoms with Gasteiger partial charge in [-0.3, -0.25) is 14.5 Å². The zero-order chi connectivity index (χ0) is 15.7. The number of hydrogen-bond donors (Lipinski definition) is 2. The van der Waals surface area contributed by atoms with Crippen molar-refractivity contribution in [2.24, 2.45) is 0 Å². The highest BCUT2D eigenvalue weighted by atomic mass is 16.5. The normalized spacial score (nSPS) is 10.3. The second kappa shape index (κ2) is 8.97. The van der Waals surface area contributed by atoms with Crippen LogP contribution in [0.2, 0.25) is 0 Å². The van der Waals surface area contributed by atoms with E-state index in [1.165, 1.54) is 0 Å². The molecule has 0 heterocycles. The maximum absolute atomic E-state index is 12.0. The number of carbonyl (C=O) groups excluding carboxylic acids is 2. The number of carbonyl (C=O) groups is 2. The van der Waals surface area contributed by atoms with Crippen molar-refractivity contribution in [1.82, 2.24) is 10.2 Å². The maximum Gasteiger partial charge on any atom is 0.238 e. The minimum absolute atomic E-state index is 0.0754. The lowest BCUT2D eigenvalue weighted by Crippen LogP contribution is -2.41. The van der Waals surface area contributed by atoms with Crippen molar-refractivity contribution in [3.8, 4) is 5.75 Å². The molecule has 1 rings (SSSR count). The largest absolute Gasteiger partial charge is 0.497 e. The first-order chi connectivity index (χ1) is 10.1. The van der Waals surface area contributed by atoms with Crippen molar-refractivity contribution < 1.29 is 14.3 Å². The van der Waals surface area contributed by atoms with Gasteiger partial charge in [-0.2, -0.15) is 0 Å². The number of rotatable bonds is 8. The summed E-state index contributed by atoms with van der Waals surface area (Å²) in [5, 5.41) is 5.51. The van der Waals surface area contributed by atoms with Gasteiger partial charge in [-0.15, -0.1) is 0 Å². The number of anilines is 1. The summed E-state index contributed by atoms with van der Waals surface area (Å²) in [6.45, 7) is 5.39. The maximum atomic E-state index is 12.0. The van der Waals surface area contributed by atoms with Crippen molar-refractivity contribution in [2.75, 3.05) is 38.6 Å². The third kappa shape index (κ3) is 6.27. The van der Waals surface area contributed by atoms with Crippen molar-refractivity contribution >= 4 is 17.5 Å². The second-order valence-electron chi connectivity index (χ2n) is 4.54. The molecule has 0 saturated heterocycles. The molecule has 1 aromatic carbocycles. The van der Waals surface area contributed by atoms with Crippen LogP contribution in [-0.2, 0) is 9.59 Å². The molecule has 0 fully saturated rings. The summed E-state index contributed by atoms with van der Waals surface area (Å²) >= 11 is 0. The number of ether oxygens (including phenoxy) is 1. The van der Waals surface area contributed by atoms with Gasteiger partial charge in [0.15, 0.2) is 0 Å². The van der Waals surface area contributed by atoms with E-state index in [1.807, 2.05) is 19.9 Å². The van der Waals surface area contributed by atoms with Crippen LogP contribution in [0.25, 0.3) is 0 Å². The first-order valence-corrected chi connectivity index (χ1v) is 7.02. The first kappa shape index (κ1) is 17.0. The molecule has 0 aliphatic heterocycles. The standard InChI is InChI=1S/C15H23N3O3/c1-4-16-14(19)10-18(5-2)11-15(20)17-12-7-6-8-13(9-12)21-3/h6-9H,4-5,10-11H2,1-3H3,(H,16,19)(H,17,20). The van der Waals surface area contributed by atoms with Crippen molar-refractivity contribution in [3.63, 3.8) is 0 Å². The van der Waals surface area contributed by atoms with Crippen molar-refractivity contribution in [2.45, 2.75) is 13.8 Å². The number of nitrogens with one attached hydrogen (secondary N) is 2. The molecule has 2 N–H and O–H groups in total. The summed E-state index contributed by atoms with van der Waals surface area (Å²) in [5.74, 6) is 0.449. The smallest absolute Gasteiger partial charge is 0.238 e. The fourth-order valence-electron chi connectivity index (χ4n) is 1.84. The minimum atomic E-state index is -0.158. The SMILES string of the molecule is CCNC(=O)CN(CC)CC(=O)Nc1cccc(OC)c1. The predicted molar refractivity (Wildman–Crippen MR) is 82.4 cm³/mol. The molecule has 21 heavy (non-hydrogen) atoms. The summed E-state index contributed by atoms with van der Waals surface area (Å²) in [7, 11) is 1.58. The highest BCUT2D eigenvalue weighted by molar-refractivity contribution is 5.92. The van der Waals surface area contributed by atoms with E-state index in [9.17, 15) is 9.59 Å². The lowest BCUT2D eigenvalue weighted by molar-refractivity contribution is -0.123. The Hall–Kier alpha value is -2.08. The van der Waals surface area contributed by atoms with Crippen molar-refractivity contribution in [3.05, 3.63) is 24.3 Å². The molecule has 1 aromatic rings. The van der Waals surface area contributed by atoms with Gasteiger partial charge >= 0.3 is 0 Å². The number of amides is 2. The third-order valence-corrected chi connectivity index (χ3v) is 2.91. The number of likely N-dealkylation sites (N-methyl/N-ethyl adjacent to an activating group) is 2. The highest BCUT2D eigenvalue weighted by Gasteiger charge is 2.12. The Morgan fingerprint density at radius 3 is 2.52 bits per heavy atom. The summed E-state index contributed by atoms with van der Waals surface area (Å²) in [6, 6.07) is 7.16. The van der Waals surface area contributed by atoms with Crippen LogP contribution >= 0.6 is 0 Å². The summed E-state index contributed by atoms with van der Waals surface area (Å²) < 4.78 is 5.10. The molecule has 0 saturated carbocycles. The van der Waals surface area contributed by atoms with Gasteiger partial charge in [0.1, 0.15) is 5.75 Å². The minimum Gasteiger partial charge on any atom is -0.497 e. The lowest BCUT2D eigenvalue weighted by Gasteiger charge is -2.19. The van der Waals surface area contributed by atoms with Crippen LogP contribution in [-0.4, -0.2) is 50.0 Å². The molecule has 2 amide bonds. The Labute approximate surface area is 125 Å². The highest BCUT2D eigenvalue weighted by Crippen LogP contribution is 2.16. The number of benzene rings is 1.